The Kier molecular flexibility index (Phi) is 13.7. The molecule has 0 radical (unpaired) electrons. The minimum absolute atomic E-state index is 0.0405. The molecular formula is C37H59N7O6. The Bertz CT molecular complexity index is 1390. The standard InChI is InChI=1S/C37H59N7O6/c1-11-14-25(28(45)33(48)40-22(5)12-2)41-32(47)27-24-16-13-15-23(24)20-44(27)35(50)30(36(6,7)8)43-34(49)29(37(9,10)21(3)4)42-31(46)26-19-38-17-18-39-26/h17-19,21-25,27,29-30H,11-16,20H2,1-10H3,(H,40,48)(H,41,47)(H,42,46)(H,43,49)/t22-,23-,24-,25-,27?,29+,30+/m0/s1. The number of hydrogen-bond acceptors (Lipinski definition) is 8. The van der Waals surface area contributed by atoms with Gasteiger partial charge in [0.25, 0.3) is 11.8 Å². The van der Waals surface area contributed by atoms with E-state index in [0.29, 0.717) is 19.4 Å². The van der Waals surface area contributed by atoms with Crippen molar-refractivity contribution in [2.24, 2.45) is 28.6 Å². The van der Waals surface area contributed by atoms with Gasteiger partial charge >= 0.3 is 0 Å². The summed E-state index contributed by atoms with van der Waals surface area (Å²) in [5.41, 5.74) is -1.45. The SMILES string of the molecule is CCC[C@H](NC(=O)C1[C@H]2CCC[C@H]2CN1C(=O)[C@@H](NC(=O)[C@@H](NC(=O)c1cnccn1)C(C)(C)C(C)C)C(C)(C)C)C(=O)C(=O)N[C@@H](C)CC. The third-order valence-corrected chi connectivity index (χ3v) is 10.8. The Morgan fingerprint density at radius 2 is 1.58 bits per heavy atom. The number of Topliss-reactive ketones (excluding diaryl/α,β-unsaturated/α-hetero) is 1. The molecule has 1 saturated heterocycles. The van der Waals surface area contributed by atoms with Crippen LogP contribution in [0.15, 0.2) is 18.6 Å². The summed E-state index contributed by atoms with van der Waals surface area (Å²) in [7, 11) is 0. The van der Waals surface area contributed by atoms with Crippen molar-refractivity contribution < 1.29 is 28.8 Å². The number of likely N-dealkylation sites (tertiary alicyclic amines) is 1. The highest BCUT2D eigenvalue weighted by Crippen LogP contribution is 2.43. The highest BCUT2D eigenvalue weighted by Gasteiger charge is 2.52. The zero-order chi connectivity index (χ0) is 37.6. The minimum atomic E-state index is -1.04. The molecule has 7 atom stereocenters. The number of fused-ring (bicyclic) bond motifs is 1. The van der Waals surface area contributed by atoms with Crippen LogP contribution in [0.5, 0.6) is 0 Å². The quantitative estimate of drug-likeness (QED) is 0.202. The van der Waals surface area contributed by atoms with E-state index in [9.17, 15) is 28.8 Å². The third kappa shape index (κ3) is 9.45. The van der Waals surface area contributed by atoms with Crippen LogP contribution < -0.4 is 21.3 Å². The lowest BCUT2D eigenvalue weighted by Gasteiger charge is -2.40. The molecule has 2 aliphatic rings. The number of hydrogen-bond donors (Lipinski definition) is 4. The average Bonchev–Trinajstić information content (AvgIpc) is 3.66. The number of rotatable bonds is 15. The molecule has 4 N–H and O–H groups in total. The van der Waals surface area contributed by atoms with Crippen LogP contribution in [-0.2, 0) is 24.0 Å². The van der Waals surface area contributed by atoms with E-state index in [-0.39, 0.29) is 35.9 Å². The highest BCUT2D eigenvalue weighted by atomic mass is 16.2. The maximum atomic E-state index is 14.6. The molecule has 1 saturated carbocycles. The summed E-state index contributed by atoms with van der Waals surface area (Å²) in [6.07, 6.45) is 8.19. The molecule has 2 heterocycles. The number of amides is 5. The second kappa shape index (κ2) is 16.9. The summed E-state index contributed by atoms with van der Waals surface area (Å²) >= 11 is 0. The molecule has 5 amide bonds. The molecule has 0 spiro atoms. The van der Waals surface area contributed by atoms with E-state index in [4.69, 9.17) is 0 Å². The Balaban J connectivity index is 1.91. The van der Waals surface area contributed by atoms with Crippen molar-refractivity contribution in [3.8, 4) is 0 Å². The van der Waals surface area contributed by atoms with Crippen LogP contribution >= 0.6 is 0 Å². The van der Waals surface area contributed by atoms with Gasteiger partial charge in [-0.15, -0.1) is 0 Å². The smallest absolute Gasteiger partial charge is 0.289 e. The van der Waals surface area contributed by atoms with E-state index in [2.05, 4.69) is 31.2 Å². The van der Waals surface area contributed by atoms with Crippen LogP contribution in [-0.4, -0.2) is 86.9 Å². The molecule has 1 aromatic rings. The Morgan fingerprint density at radius 1 is 0.900 bits per heavy atom. The number of ketones is 1. The lowest BCUT2D eigenvalue weighted by Crippen LogP contribution is -2.63. The minimum Gasteiger partial charge on any atom is -0.347 e. The molecule has 1 aromatic heterocycles. The average molecular weight is 698 g/mol. The Hall–Kier alpha value is -3.90. The van der Waals surface area contributed by atoms with Gasteiger partial charge in [-0.25, -0.2) is 4.98 Å². The summed E-state index contributed by atoms with van der Waals surface area (Å²) in [5, 5.41) is 11.4. The summed E-state index contributed by atoms with van der Waals surface area (Å²) in [4.78, 5) is 91.7. The predicted octanol–water partition coefficient (Wildman–Crippen LogP) is 3.18. The van der Waals surface area contributed by atoms with E-state index in [1.54, 1.807) is 4.90 Å². The first-order valence-corrected chi connectivity index (χ1v) is 18.2. The fraction of sp³-hybridized carbons (Fsp3) is 0.730. The summed E-state index contributed by atoms with van der Waals surface area (Å²) in [6.45, 7) is 19.1. The number of carbonyl (C=O) groups excluding carboxylic acids is 6. The fourth-order valence-corrected chi connectivity index (χ4v) is 6.82. The molecular weight excluding hydrogens is 638 g/mol. The van der Waals surface area contributed by atoms with Crippen LogP contribution in [0.3, 0.4) is 0 Å². The van der Waals surface area contributed by atoms with E-state index in [1.165, 1.54) is 18.6 Å². The maximum Gasteiger partial charge on any atom is 0.289 e. The maximum absolute atomic E-state index is 14.6. The largest absolute Gasteiger partial charge is 0.347 e. The van der Waals surface area contributed by atoms with Crippen molar-refractivity contribution in [3.63, 3.8) is 0 Å². The molecule has 13 nitrogen and oxygen atoms in total. The van der Waals surface area contributed by atoms with Gasteiger partial charge in [0.05, 0.1) is 12.2 Å². The van der Waals surface area contributed by atoms with Gasteiger partial charge in [-0.3, -0.25) is 33.8 Å². The summed E-state index contributed by atoms with van der Waals surface area (Å²) < 4.78 is 0. The molecule has 0 bridgehead atoms. The van der Waals surface area contributed by atoms with Gasteiger partial charge in [0.2, 0.25) is 23.5 Å². The van der Waals surface area contributed by atoms with Crippen molar-refractivity contribution in [3.05, 3.63) is 24.3 Å². The number of aromatic nitrogens is 2. The highest BCUT2D eigenvalue weighted by molar-refractivity contribution is 6.38. The summed E-state index contributed by atoms with van der Waals surface area (Å²) in [5.74, 6) is -3.47. The van der Waals surface area contributed by atoms with Crippen LogP contribution in [0.4, 0.5) is 0 Å². The van der Waals surface area contributed by atoms with Gasteiger partial charge in [-0.1, -0.05) is 75.2 Å². The monoisotopic (exact) mass is 697 g/mol. The van der Waals surface area contributed by atoms with Crippen molar-refractivity contribution in [1.82, 2.24) is 36.1 Å². The van der Waals surface area contributed by atoms with E-state index >= 15 is 0 Å². The van der Waals surface area contributed by atoms with Gasteiger partial charge in [0, 0.05) is 25.0 Å². The zero-order valence-electron chi connectivity index (χ0n) is 31.6. The molecule has 3 rings (SSSR count). The lowest BCUT2D eigenvalue weighted by atomic mass is 9.74. The van der Waals surface area contributed by atoms with Gasteiger partial charge in [-0.05, 0) is 61.2 Å². The number of nitrogens with zero attached hydrogens (tertiary/aromatic N) is 3. The molecule has 1 aliphatic heterocycles. The van der Waals surface area contributed by atoms with Crippen molar-refractivity contribution in [2.45, 2.75) is 138 Å². The molecule has 0 aromatic carbocycles. The van der Waals surface area contributed by atoms with E-state index in [0.717, 1.165) is 19.3 Å². The first kappa shape index (κ1) is 40.5. The topological polar surface area (TPSA) is 180 Å². The van der Waals surface area contributed by atoms with Crippen molar-refractivity contribution in [2.75, 3.05) is 6.54 Å². The van der Waals surface area contributed by atoms with Crippen LogP contribution in [0, 0.1) is 28.6 Å². The lowest BCUT2D eigenvalue weighted by molar-refractivity contribution is -0.146. The number of nitrogens with one attached hydrogen (secondary N) is 4. The van der Waals surface area contributed by atoms with Crippen LogP contribution in [0.2, 0.25) is 0 Å². The number of carbonyl (C=O) groups is 6. The van der Waals surface area contributed by atoms with Gasteiger partial charge < -0.3 is 26.2 Å². The van der Waals surface area contributed by atoms with E-state index in [1.807, 2.05) is 69.2 Å². The predicted molar refractivity (Wildman–Crippen MR) is 189 cm³/mol. The fourth-order valence-electron chi connectivity index (χ4n) is 6.82. The van der Waals surface area contributed by atoms with Gasteiger partial charge in [-0.2, -0.15) is 0 Å². The van der Waals surface area contributed by atoms with Crippen LogP contribution in [0.1, 0.15) is 118 Å². The van der Waals surface area contributed by atoms with Crippen molar-refractivity contribution >= 4 is 35.3 Å². The zero-order valence-corrected chi connectivity index (χ0v) is 31.6. The Morgan fingerprint density at radius 3 is 2.14 bits per heavy atom. The van der Waals surface area contributed by atoms with Crippen molar-refractivity contribution in [1.29, 1.82) is 0 Å². The second-order valence-electron chi connectivity index (χ2n) is 16.1. The molecule has 2 fully saturated rings. The van der Waals surface area contributed by atoms with Gasteiger partial charge in [0.1, 0.15) is 23.8 Å². The second-order valence-corrected chi connectivity index (χ2v) is 16.1. The van der Waals surface area contributed by atoms with E-state index < -0.39 is 70.3 Å². The Labute approximate surface area is 297 Å². The van der Waals surface area contributed by atoms with Gasteiger partial charge in [0.15, 0.2) is 0 Å². The third-order valence-electron chi connectivity index (χ3n) is 10.8. The molecule has 278 valence electrons. The molecule has 1 aliphatic carbocycles. The molecule has 13 heteroatoms. The molecule has 50 heavy (non-hydrogen) atoms. The molecule has 1 unspecified atom stereocenters. The normalized spacial score (nSPS) is 21.4. The summed E-state index contributed by atoms with van der Waals surface area (Å²) in [6, 6.07) is -4.15. The first-order valence-electron chi connectivity index (χ1n) is 18.2. The van der Waals surface area contributed by atoms with Crippen LogP contribution in [0.25, 0.3) is 0 Å². The first-order chi connectivity index (χ1) is 23.3.